The maximum absolute atomic E-state index is 12.3. The lowest BCUT2D eigenvalue weighted by molar-refractivity contribution is -0.148. The lowest BCUT2D eigenvalue weighted by atomic mass is 10.2. The molecule has 2 rings (SSSR count). The number of rotatable bonds is 2. The highest BCUT2D eigenvalue weighted by molar-refractivity contribution is 6.41. The van der Waals surface area contributed by atoms with Crippen molar-refractivity contribution in [3.63, 3.8) is 0 Å². The van der Waals surface area contributed by atoms with Gasteiger partial charge in [0, 0.05) is 32.4 Å². The molecule has 1 aliphatic rings. The molecule has 1 fully saturated rings. The normalized spacial score (nSPS) is 17.1. The van der Waals surface area contributed by atoms with Crippen molar-refractivity contribution in [1.82, 2.24) is 14.8 Å². The van der Waals surface area contributed by atoms with Crippen LogP contribution in [-0.4, -0.2) is 59.6 Å². The van der Waals surface area contributed by atoms with E-state index in [2.05, 4.69) is 4.98 Å². The molecule has 1 saturated heterocycles. The standard InChI is InChI=1S/C12H12Cl2F3N3O/c13-9-5-8(6-18-10(9)14)11(21)20-3-1-19(2-4-20)7-12(15,16)17/h5-6H,1-4,7H2. The molecule has 1 aliphatic heterocycles. The second kappa shape index (κ2) is 6.37. The van der Waals surface area contributed by atoms with Crippen molar-refractivity contribution in [1.29, 1.82) is 0 Å². The number of pyridine rings is 1. The van der Waals surface area contributed by atoms with Gasteiger partial charge in [-0.2, -0.15) is 13.2 Å². The first-order chi connectivity index (χ1) is 9.76. The van der Waals surface area contributed by atoms with E-state index >= 15 is 0 Å². The van der Waals surface area contributed by atoms with Gasteiger partial charge in [-0.3, -0.25) is 9.69 Å². The topological polar surface area (TPSA) is 36.4 Å². The zero-order valence-electron chi connectivity index (χ0n) is 10.8. The molecule has 1 amide bonds. The van der Waals surface area contributed by atoms with Crippen LogP contribution in [0.1, 0.15) is 10.4 Å². The van der Waals surface area contributed by atoms with Gasteiger partial charge in [-0.25, -0.2) is 4.98 Å². The summed E-state index contributed by atoms with van der Waals surface area (Å²) in [4.78, 5) is 18.7. The lowest BCUT2D eigenvalue weighted by Gasteiger charge is -2.35. The summed E-state index contributed by atoms with van der Waals surface area (Å²) < 4.78 is 36.9. The van der Waals surface area contributed by atoms with Crippen LogP contribution in [0.2, 0.25) is 10.2 Å². The van der Waals surface area contributed by atoms with Crippen LogP contribution in [0.5, 0.6) is 0 Å². The van der Waals surface area contributed by atoms with E-state index in [1.807, 2.05) is 0 Å². The molecule has 1 aromatic rings. The van der Waals surface area contributed by atoms with Gasteiger partial charge in [-0.1, -0.05) is 23.2 Å². The van der Waals surface area contributed by atoms with Gasteiger partial charge in [0.2, 0.25) is 0 Å². The SMILES string of the molecule is O=C(c1cnc(Cl)c(Cl)c1)N1CCN(CC(F)(F)F)CC1. The maximum atomic E-state index is 12.3. The zero-order chi connectivity index (χ0) is 15.6. The average molecular weight is 342 g/mol. The van der Waals surface area contributed by atoms with Crippen LogP contribution < -0.4 is 0 Å². The number of aromatic nitrogens is 1. The van der Waals surface area contributed by atoms with E-state index < -0.39 is 12.7 Å². The predicted molar refractivity (Wildman–Crippen MR) is 72.7 cm³/mol. The summed E-state index contributed by atoms with van der Waals surface area (Å²) in [6, 6.07) is 1.40. The summed E-state index contributed by atoms with van der Waals surface area (Å²) in [5, 5.41) is 0.265. The first kappa shape index (κ1) is 16.3. The highest BCUT2D eigenvalue weighted by atomic mass is 35.5. The minimum atomic E-state index is -4.22. The average Bonchev–Trinajstić information content (AvgIpc) is 2.40. The highest BCUT2D eigenvalue weighted by Crippen LogP contribution is 2.21. The highest BCUT2D eigenvalue weighted by Gasteiger charge is 2.33. The van der Waals surface area contributed by atoms with Crippen LogP contribution in [0.4, 0.5) is 13.2 Å². The van der Waals surface area contributed by atoms with E-state index in [9.17, 15) is 18.0 Å². The van der Waals surface area contributed by atoms with E-state index in [1.54, 1.807) is 0 Å². The summed E-state index contributed by atoms with van der Waals surface area (Å²) in [6.07, 6.45) is -2.92. The van der Waals surface area contributed by atoms with Crippen molar-refractivity contribution in [2.75, 3.05) is 32.7 Å². The van der Waals surface area contributed by atoms with Gasteiger partial charge in [-0.15, -0.1) is 0 Å². The summed E-state index contributed by atoms with van der Waals surface area (Å²) >= 11 is 11.5. The van der Waals surface area contributed by atoms with Crippen LogP contribution in [-0.2, 0) is 0 Å². The fourth-order valence-electron chi connectivity index (χ4n) is 2.08. The Morgan fingerprint density at radius 1 is 1.24 bits per heavy atom. The Hall–Kier alpha value is -1.05. The Balaban J connectivity index is 1.95. The number of piperazine rings is 1. The number of amides is 1. The van der Waals surface area contributed by atoms with Crippen LogP contribution >= 0.6 is 23.2 Å². The van der Waals surface area contributed by atoms with Gasteiger partial charge in [0.05, 0.1) is 17.1 Å². The van der Waals surface area contributed by atoms with E-state index in [1.165, 1.54) is 22.1 Å². The molecule has 9 heteroatoms. The third-order valence-corrected chi connectivity index (χ3v) is 3.79. The van der Waals surface area contributed by atoms with Crippen molar-refractivity contribution in [3.05, 3.63) is 28.0 Å². The molecule has 0 N–H and O–H groups in total. The first-order valence-electron chi connectivity index (χ1n) is 6.16. The van der Waals surface area contributed by atoms with Gasteiger partial charge >= 0.3 is 6.18 Å². The molecule has 0 radical (unpaired) electrons. The number of alkyl halides is 3. The molecule has 0 bridgehead atoms. The molecule has 21 heavy (non-hydrogen) atoms. The summed E-state index contributed by atoms with van der Waals surface area (Å²) in [5.74, 6) is -0.312. The minimum Gasteiger partial charge on any atom is -0.336 e. The molecular weight excluding hydrogens is 330 g/mol. The Morgan fingerprint density at radius 2 is 1.86 bits per heavy atom. The van der Waals surface area contributed by atoms with Crippen molar-refractivity contribution in [2.45, 2.75) is 6.18 Å². The molecule has 0 aliphatic carbocycles. The van der Waals surface area contributed by atoms with Gasteiger partial charge in [0.1, 0.15) is 5.15 Å². The quantitative estimate of drug-likeness (QED) is 0.776. The van der Waals surface area contributed by atoms with Gasteiger partial charge in [0.15, 0.2) is 0 Å². The Morgan fingerprint density at radius 3 is 2.38 bits per heavy atom. The Kier molecular flexibility index (Phi) is 4.95. The third kappa shape index (κ3) is 4.46. The van der Waals surface area contributed by atoms with E-state index in [0.717, 1.165) is 0 Å². The molecule has 0 aromatic carbocycles. The van der Waals surface area contributed by atoms with Crippen LogP contribution in [0.3, 0.4) is 0 Å². The summed E-state index contributed by atoms with van der Waals surface area (Å²) in [5.41, 5.74) is 0.272. The lowest BCUT2D eigenvalue weighted by Crippen LogP contribution is -2.50. The number of hydrogen-bond donors (Lipinski definition) is 0. The molecule has 0 saturated carbocycles. The molecule has 0 atom stereocenters. The minimum absolute atomic E-state index is 0.100. The van der Waals surface area contributed by atoms with E-state index in [4.69, 9.17) is 23.2 Å². The largest absolute Gasteiger partial charge is 0.401 e. The van der Waals surface area contributed by atoms with Gasteiger partial charge < -0.3 is 4.90 Å². The Labute approximate surface area is 129 Å². The van der Waals surface area contributed by atoms with Crippen LogP contribution in [0.15, 0.2) is 12.3 Å². The predicted octanol–water partition coefficient (Wildman–Crippen LogP) is 2.71. The maximum Gasteiger partial charge on any atom is 0.401 e. The monoisotopic (exact) mass is 341 g/mol. The summed E-state index contributed by atoms with van der Waals surface area (Å²) in [6.45, 7) is -0.131. The van der Waals surface area contributed by atoms with Crippen molar-refractivity contribution in [2.24, 2.45) is 0 Å². The number of carbonyl (C=O) groups excluding carboxylic acids is 1. The molecule has 4 nitrogen and oxygen atoms in total. The van der Waals surface area contributed by atoms with Gasteiger partial charge in [-0.05, 0) is 6.07 Å². The number of hydrogen-bond acceptors (Lipinski definition) is 3. The van der Waals surface area contributed by atoms with Crippen molar-refractivity contribution >= 4 is 29.1 Å². The van der Waals surface area contributed by atoms with Gasteiger partial charge in [0.25, 0.3) is 5.91 Å². The number of nitrogens with zero attached hydrogens (tertiary/aromatic N) is 3. The third-order valence-electron chi connectivity index (χ3n) is 3.11. The number of halogens is 5. The van der Waals surface area contributed by atoms with E-state index in [-0.39, 0.29) is 47.8 Å². The summed E-state index contributed by atoms with van der Waals surface area (Å²) in [7, 11) is 0. The Bertz CT molecular complexity index is 531. The molecule has 0 spiro atoms. The second-order valence-corrected chi connectivity index (χ2v) is 5.45. The molecule has 116 valence electrons. The molecular formula is C12H12Cl2F3N3O. The van der Waals surface area contributed by atoms with Crippen molar-refractivity contribution < 1.29 is 18.0 Å². The molecule has 0 unspecified atom stereocenters. The zero-order valence-corrected chi connectivity index (χ0v) is 12.3. The second-order valence-electron chi connectivity index (χ2n) is 4.68. The first-order valence-corrected chi connectivity index (χ1v) is 6.91. The van der Waals surface area contributed by atoms with E-state index in [0.29, 0.717) is 0 Å². The molecule has 1 aromatic heterocycles. The molecule has 2 heterocycles. The van der Waals surface area contributed by atoms with Crippen molar-refractivity contribution in [3.8, 4) is 0 Å². The fourth-order valence-corrected chi connectivity index (χ4v) is 2.35. The van der Waals surface area contributed by atoms with Crippen LogP contribution in [0, 0.1) is 0 Å². The van der Waals surface area contributed by atoms with Crippen LogP contribution in [0.25, 0.3) is 0 Å². The fraction of sp³-hybridized carbons (Fsp3) is 0.500. The number of carbonyl (C=O) groups is 1. The smallest absolute Gasteiger partial charge is 0.336 e.